The third-order valence-electron chi connectivity index (χ3n) is 1.64. The molecule has 0 saturated carbocycles. The number of hydrogen-bond acceptors (Lipinski definition) is 1. The maximum Gasteiger partial charge on any atom is 0.0744 e. The molecule has 1 fully saturated rings. The fourth-order valence-electron chi connectivity index (χ4n) is 0.838. The molecule has 0 aromatic carbocycles. The normalized spacial score (nSPS) is 27.6. The van der Waals surface area contributed by atoms with Crippen LogP contribution in [0.25, 0.3) is 0 Å². The van der Waals surface area contributed by atoms with E-state index in [9.17, 15) is 0 Å². The van der Waals surface area contributed by atoms with E-state index in [0.29, 0.717) is 0 Å². The molecule has 2 radical (unpaired) electrons. The summed E-state index contributed by atoms with van der Waals surface area (Å²) in [6, 6.07) is 0. The van der Waals surface area contributed by atoms with Crippen molar-refractivity contribution < 1.29 is 4.74 Å². The van der Waals surface area contributed by atoms with Crippen molar-refractivity contribution in [3.63, 3.8) is 0 Å². The van der Waals surface area contributed by atoms with Gasteiger partial charge in [0.2, 0.25) is 0 Å². The summed E-state index contributed by atoms with van der Waals surface area (Å²) in [7, 11) is 5.80. The Labute approximate surface area is 51.8 Å². The summed E-state index contributed by atoms with van der Waals surface area (Å²) in [6.45, 7) is 3.76. The molecule has 1 aliphatic heterocycles. The molecule has 0 aromatic heterocycles. The molecule has 1 aliphatic rings. The van der Waals surface area contributed by atoms with E-state index in [2.05, 4.69) is 6.92 Å². The van der Waals surface area contributed by atoms with Gasteiger partial charge in [0.25, 0.3) is 0 Å². The van der Waals surface area contributed by atoms with Gasteiger partial charge in [-0.25, -0.2) is 0 Å². The third kappa shape index (κ3) is 1.51. The highest BCUT2D eigenvalue weighted by atomic mass is 16.5. The van der Waals surface area contributed by atoms with Crippen molar-refractivity contribution in [1.82, 2.24) is 0 Å². The lowest BCUT2D eigenvalue weighted by atomic mass is 9.65. The summed E-state index contributed by atoms with van der Waals surface area (Å²) in [4.78, 5) is 0. The summed E-state index contributed by atoms with van der Waals surface area (Å²) < 4.78 is 5.13. The van der Waals surface area contributed by atoms with Crippen LogP contribution in [0.1, 0.15) is 19.8 Å². The van der Waals surface area contributed by atoms with Crippen molar-refractivity contribution >= 4 is 7.85 Å². The van der Waals surface area contributed by atoms with E-state index < -0.39 is 0 Å². The fraction of sp³-hybridized carbons (Fsp3) is 1.00. The largest absolute Gasteiger partial charge is 0.381 e. The van der Waals surface area contributed by atoms with E-state index in [1.807, 2.05) is 0 Å². The molecular formula is C6H11BO. The van der Waals surface area contributed by atoms with Crippen molar-refractivity contribution in [3.8, 4) is 0 Å². The first-order chi connectivity index (χ1) is 3.71. The van der Waals surface area contributed by atoms with Gasteiger partial charge in [-0.15, -0.1) is 0 Å². The molecule has 1 rings (SSSR count). The average Bonchev–Trinajstić information content (AvgIpc) is 1.65. The SMILES string of the molecule is [B]C1(C)CCOCC1. The highest BCUT2D eigenvalue weighted by Crippen LogP contribution is 2.32. The van der Waals surface area contributed by atoms with E-state index in [-0.39, 0.29) is 5.31 Å². The summed E-state index contributed by atoms with van der Waals surface area (Å²) in [5, 5.41) is 0.0538. The summed E-state index contributed by atoms with van der Waals surface area (Å²) in [5.74, 6) is 0. The van der Waals surface area contributed by atoms with Crippen molar-refractivity contribution in [2.75, 3.05) is 13.2 Å². The summed E-state index contributed by atoms with van der Waals surface area (Å²) in [5.41, 5.74) is 0. The van der Waals surface area contributed by atoms with Crippen molar-refractivity contribution in [2.45, 2.75) is 25.1 Å². The average molecular weight is 110 g/mol. The van der Waals surface area contributed by atoms with Gasteiger partial charge >= 0.3 is 0 Å². The molecule has 0 aromatic rings. The minimum absolute atomic E-state index is 0.0538. The quantitative estimate of drug-likeness (QED) is 0.425. The second kappa shape index (κ2) is 2.10. The van der Waals surface area contributed by atoms with Crippen LogP contribution in [0.5, 0.6) is 0 Å². The van der Waals surface area contributed by atoms with Gasteiger partial charge in [-0.1, -0.05) is 12.2 Å². The van der Waals surface area contributed by atoms with E-state index in [1.165, 1.54) is 0 Å². The van der Waals surface area contributed by atoms with Gasteiger partial charge in [0.05, 0.1) is 7.85 Å². The van der Waals surface area contributed by atoms with Gasteiger partial charge in [-0.2, -0.15) is 0 Å². The van der Waals surface area contributed by atoms with Gasteiger partial charge in [0.1, 0.15) is 0 Å². The Hall–Kier alpha value is 0.0249. The highest BCUT2D eigenvalue weighted by Gasteiger charge is 2.20. The van der Waals surface area contributed by atoms with Crippen LogP contribution in [0.2, 0.25) is 5.31 Å². The third-order valence-corrected chi connectivity index (χ3v) is 1.64. The van der Waals surface area contributed by atoms with E-state index in [0.717, 1.165) is 26.1 Å². The molecule has 0 amide bonds. The molecule has 0 unspecified atom stereocenters. The molecule has 8 heavy (non-hydrogen) atoms. The molecule has 44 valence electrons. The minimum Gasteiger partial charge on any atom is -0.381 e. The van der Waals surface area contributed by atoms with Gasteiger partial charge < -0.3 is 4.74 Å². The van der Waals surface area contributed by atoms with Crippen LogP contribution in [-0.2, 0) is 4.74 Å². The molecule has 0 bridgehead atoms. The Kier molecular flexibility index (Phi) is 1.61. The van der Waals surface area contributed by atoms with Gasteiger partial charge in [0.15, 0.2) is 0 Å². The van der Waals surface area contributed by atoms with Crippen molar-refractivity contribution in [2.24, 2.45) is 0 Å². The number of ether oxygens (including phenoxy) is 1. The van der Waals surface area contributed by atoms with Crippen LogP contribution in [0.4, 0.5) is 0 Å². The first-order valence-electron chi connectivity index (χ1n) is 3.07. The molecule has 0 atom stereocenters. The predicted octanol–water partition coefficient (Wildman–Crippen LogP) is 1.14. The van der Waals surface area contributed by atoms with E-state index >= 15 is 0 Å². The van der Waals surface area contributed by atoms with E-state index in [1.54, 1.807) is 0 Å². The zero-order valence-corrected chi connectivity index (χ0v) is 5.31. The molecule has 1 saturated heterocycles. The Morgan fingerprint density at radius 2 is 1.88 bits per heavy atom. The Morgan fingerprint density at radius 3 is 2.12 bits per heavy atom. The molecule has 0 spiro atoms. The number of hydrogen-bond donors (Lipinski definition) is 0. The second-order valence-electron chi connectivity index (χ2n) is 2.77. The maximum absolute atomic E-state index is 5.80. The Balaban J connectivity index is 2.33. The van der Waals surface area contributed by atoms with Crippen molar-refractivity contribution in [3.05, 3.63) is 0 Å². The van der Waals surface area contributed by atoms with Crippen LogP contribution in [0, 0.1) is 0 Å². The van der Waals surface area contributed by atoms with Crippen LogP contribution >= 0.6 is 0 Å². The van der Waals surface area contributed by atoms with Crippen LogP contribution < -0.4 is 0 Å². The minimum atomic E-state index is 0.0538. The van der Waals surface area contributed by atoms with E-state index in [4.69, 9.17) is 12.6 Å². The topological polar surface area (TPSA) is 9.23 Å². The standard InChI is InChI=1S/C6H11BO/c1-6(7)2-4-8-5-3-6/h2-5H2,1H3. The lowest BCUT2D eigenvalue weighted by molar-refractivity contribution is 0.0772. The highest BCUT2D eigenvalue weighted by molar-refractivity contribution is 6.14. The van der Waals surface area contributed by atoms with Crippen LogP contribution in [0.15, 0.2) is 0 Å². The van der Waals surface area contributed by atoms with Gasteiger partial charge in [-0.05, 0) is 12.8 Å². The maximum atomic E-state index is 5.80. The zero-order chi connectivity index (χ0) is 6.04. The van der Waals surface area contributed by atoms with Crippen molar-refractivity contribution in [1.29, 1.82) is 0 Å². The molecule has 1 nitrogen and oxygen atoms in total. The van der Waals surface area contributed by atoms with Gasteiger partial charge in [0, 0.05) is 13.2 Å². The zero-order valence-electron chi connectivity index (χ0n) is 5.31. The molecule has 1 heterocycles. The first kappa shape index (κ1) is 6.15. The predicted molar refractivity (Wildman–Crippen MR) is 34.2 cm³/mol. The molecule has 2 heteroatoms. The lowest BCUT2D eigenvalue weighted by Gasteiger charge is -2.29. The Morgan fingerprint density at radius 1 is 1.38 bits per heavy atom. The number of rotatable bonds is 0. The molecule has 0 aliphatic carbocycles. The lowest BCUT2D eigenvalue weighted by Crippen LogP contribution is -2.20. The van der Waals surface area contributed by atoms with Crippen LogP contribution in [-0.4, -0.2) is 21.1 Å². The fourth-order valence-corrected chi connectivity index (χ4v) is 0.838. The summed E-state index contributed by atoms with van der Waals surface area (Å²) in [6.07, 6.45) is 2.01. The van der Waals surface area contributed by atoms with Crippen LogP contribution in [0.3, 0.4) is 0 Å². The smallest absolute Gasteiger partial charge is 0.0744 e. The molecular weight excluding hydrogens is 98.9 g/mol. The van der Waals surface area contributed by atoms with Gasteiger partial charge in [-0.3, -0.25) is 0 Å². The monoisotopic (exact) mass is 110 g/mol. The molecule has 0 N–H and O–H groups in total. The Bertz CT molecular complexity index is 72.6. The summed E-state index contributed by atoms with van der Waals surface area (Å²) >= 11 is 0. The second-order valence-corrected chi connectivity index (χ2v) is 2.77. The first-order valence-corrected chi connectivity index (χ1v) is 3.07.